The molecule has 0 heterocycles. The molecule has 0 aromatic heterocycles. The lowest BCUT2D eigenvalue weighted by Crippen LogP contribution is -2.03. The van der Waals surface area contributed by atoms with Gasteiger partial charge in [-0.3, -0.25) is 4.79 Å². The Labute approximate surface area is 152 Å². The molecular formula is C20H22O6. The highest BCUT2D eigenvalue weighted by Crippen LogP contribution is 2.35. The van der Waals surface area contributed by atoms with E-state index in [2.05, 4.69) is 0 Å². The lowest BCUT2D eigenvalue weighted by Gasteiger charge is -2.13. The Bertz CT molecular complexity index is 785. The van der Waals surface area contributed by atoms with E-state index < -0.39 is 0 Å². The highest BCUT2D eigenvalue weighted by Gasteiger charge is 2.18. The van der Waals surface area contributed by atoms with Crippen LogP contribution in [0.25, 0.3) is 6.08 Å². The summed E-state index contributed by atoms with van der Waals surface area (Å²) in [6.45, 7) is 0. The van der Waals surface area contributed by atoms with E-state index in [1.807, 2.05) is 0 Å². The molecule has 0 bridgehead atoms. The maximum atomic E-state index is 12.8. The van der Waals surface area contributed by atoms with Crippen molar-refractivity contribution in [2.24, 2.45) is 0 Å². The maximum absolute atomic E-state index is 12.8. The van der Waals surface area contributed by atoms with Crippen LogP contribution in [0, 0.1) is 0 Å². The number of ether oxygens (including phenoxy) is 5. The fraction of sp³-hybridized carbons (Fsp3) is 0.250. The number of carbonyl (C=O) groups is 1. The van der Waals surface area contributed by atoms with Crippen LogP contribution in [0.15, 0.2) is 36.4 Å². The predicted molar refractivity (Wildman–Crippen MR) is 99.0 cm³/mol. The van der Waals surface area contributed by atoms with E-state index in [-0.39, 0.29) is 5.78 Å². The number of hydrogen-bond acceptors (Lipinski definition) is 6. The molecule has 6 nitrogen and oxygen atoms in total. The van der Waals surface area contributed by atoms with Crippen molar-refractivity contribution in [3.63, 3.8) is 0 Å². The molecule has 6 heteroatoms. The van der Waals surface area contributed by atoms with Gasteiger partial charge in [0.15, 0.2) is 5.78 Å². The Morgan fingerprint density at radius 3 is 1.81 bits per heavy atom. The van der Waals surface area contributed by atoms with Crippen molar-refractivity contribution in [1.82, 2.24) is 0 Å². The minimum absolute atomic E-state index is 0.272. The molecule has 0 amide bonds. The van der Waals surface area contributed by atoms with Crippen molar-refractivity contribution in [3.05, 3.63) is 47.5 Å². The maximum Gasteiger partial charge on any atom is 0.193 e. The molecule has 0 saturated heterocycles. The van der Waals surface area contributed by atoms with Crippen molar-refractivity contribution >= 4 is 11.9 Å². The minimum Gasteiger partial charge on any atom is -0.497 e. The predicted octanol–water partition coefficient (Wildman–Crippen LogP) is 3.63. The van der Waals surface area contributed by atoms with Crippen molar-refractivity contribution in [2.75, 3.05) is 35.5 Å². The van der Waals surface area contributed by atoms with Crippen LogP contribution >= 0.6 is 0 Å². The first kappa shape index (κ1) is 19.2. The van der Waals surface area contributed by atoms with Crippen LogP contribution in [0.5, 0.6) is 28.7 Å². The Balaban J connectivity index is 2.43. The van der Waals surface area contributed by atoms with Crippen LogP contribution in [0.1, 0.15) is 15.9 Å². The van der Waals surface area contributed by atoms with E-state index in [4.69, 9.17) is 23.7 Å². The molecule has 0 saturated carbocycles. The molecule has 0 unspecified atom stereocenters. The zero-order valence-electron chi connectivity index (χ0n) is 15.5. The Kier molecular flexibility index (Phi) is 6.49. The summed E-state index contributed by atoms with van der Waals surface area (Å²) in [5.74, 6) is 2.29. The summed E-state index contributed by atoms with van der Waals surface area (Å²) < 4.78 is 26.4. The van der Waals surface area contributed by atoms with Crippen LogP contribution < -0.4 is 23.7 Å². The molecule has 2 aromatic carbocycles. The fourth-order valence-corrected chi connectivity index (χ4v) is 2.47. The second-order valence-electron chi connectivity index (χ2n) is 5.21. The van der Waals surface area contributed by atoms with Gasteiger partial charge in [-0.05, 0) is 30.4 Å². The number of benzene rings is 2. The smallest absolute Gasteiger partial charge is 0.193 e. The lowest BCUT2D eigenvalue weighted by molar-refractivity contribution is 0.104. The van der Waals surface area contributed by atoms with Gasteiger partial charge in [-0.15, -0.1) is 0 Å². The normalized spacial score (nSPS) is 10.5. The van der Waals surface area contributed by atoms with Gasteiger partial charge in [0.05, 0.1) is 35.5 Å². The van der Waals surface area contributed by atoms with Crippen LogP contribution in [-0.4, -0.2) is 41.3 Å². The van der Waals surface area contributed by atoms with E-state index in [0.29, 0.717) is 39.9 Å². The Morgan fingerprint density at radius 2 is 1.31 bits per heavy atom. The zero-order valence-corrected chi connectivity index (χ0v) is 15.5. The van der Waals surface area contributed by atoms with Gasteiger partial charge in [-0.2, -0.15) is 0 Å². The molecule has 0 radical (unpaired) electrons. The molecule has 0 N–H and O–H groups in total. The Hall–Kier alpha value is -3.15. The van der Waals surface area contributed by atoms with Gasteiger partial charge >= 0.3 is 0 Å². The van der Waals surface area contributed by atoms with E-state index in [1.165, 1.54) is 27.4 Å². The van der Waals surface area contributed by atoms with Gasteiger partial charge in [0, 0.05) is 17.7 Å². The van der Waals surface area contributed by atoms with E-state index >= 15 is 0 Å². The third-order valence-corrected chi connectivity index (χ3v) is 3.81. The molecule has 2 aromatic rings. The molecule has 0 aliphatic heterocycles. The summed E-state index contributed by atoms with van der Waals surface area (Å²) in [6.07, 6.45) is 3.09. The quantitative estimate of drug-likeness (QED) is 0.530. The third-order valence-electron chi connectivity index (χ3n) is 3.81. The van der Waals surface area contributed by atoms with Crippen LogP contribution in [0.3, 0.4) is 0 Å². The van der Waals surface area contributed by atoms with Gasteiger partial charge in [0.2, 0.25) is 0 Å². The SMILES string of the molecule is COc1ccc(OC)c(/C=C/C(=O)c2c(OC)cc(OC)cc2OC)c1. The molecule has 0 aliphatic carbocycles. The van der Waals surface area contributed by atoms with E-state index in [9.17, 15) is 4.79 Å². The zero-order chi connectivity index (χ0) is 19.1. The van der Waals surface area contributed by atoms with E-state index in [0.717, 1.165) is 0 Å². The number of rotatable bonds is 8. The van der Waals surface area contributed by atoms with Gasteiger partial charge in [-0.25, -0.2) is 0 Å². The van der Waals surface area contributed by atoms with E-state index in [1.54, 1.807) is 50.6 Å². The summed E-state index contributed by atoms with van der Waals surface area (Å²) >= 11 is 0. The molecule has 0 aliphatic rings. The van der Waals surface area contributed by atoms with Gasteiger partial charge < -0.3 is 23.7 Å². The number of carbonyl (C=O) groups excluding carboxylic acids is 1. The average molecular weight is 358 g/mol. The largest absolute Gasteiger partial charge is 0.497 e. The van der Waals surface area contributed by atoms with Gasteiger partial charge in [0.25, 0.3) is 0 Å². The summed E-state index contributed by atoms with van der Waals surface area (Å²) in [7, 11) is 7.65. The number of hydrogen-bond donors (Lipinski definition) is 0. The first-order valence-electron chi connectivity index (χ1n) is 7.82. The third kappa shape index (κ3) is 4.08. The first-order chi connectivity index (χ1) is 12.6. The average Bonchev–Trinajstić information content (AvgIpc) is 2.70. The standard InChI is InChI=1S/C20H22O6/c1-22-14-7-9-17(24-3)13(10-14)6-8-16(21)20-18(25-4)11-15(23-2)12-19(20)26-5/h6-12H,1-5H3/b8-6+. The Morgan fingerprint density at radius 1 is 0.731 bits per heavy atom. The fourth-order valence-electron chi connectivity index (χ4n) is 2.47. The topological polar surface area (TPSA) is 63.2 Å². The molecular weight excluding hydrogens is 336 g/mol. The lowest BCUT2D eigenvalue weighted by atomic mass is 10.1. The van der Waals surface area contributed by atoms with Gasteiger partial charge in [-0.1, -0.05) is 0 Å². The summed E-state index contributed by atoms with van der Waals surface area (Å²) in [5.41, 5.74) is 1.03. The minimum atomic E-state index is -0.272. The first-order valence-corrected chi connectivity index (χ1v) is 7.82. The molecule has 2 rings (SSSR count). The number of ketones is 1. The van der Waals surface area contributed by atoms with Crippen LogP contribution in [0.2, 0.25) is 0 Å². The van der Waals surface area contributed by atoms with Crippen molar-refractivity contribution in [2.45, 2.75) is 0 Å². The van der Waals surface area contributed by atoms with Gasteiger partial charge in [0.1, 0.15) is 34.3 Å². The monoisotopic (exact) mass is 358 g/mol. The van der Waals surface area contributed by atoms with Crippen LogP contribution in [-0.2, 0) is 0 Å². The highest BCUT2D eigenvalue weighted by atomic mass is 16.5. The van der Waals surface area contributed by atoms with Crippen molar-refractivity contribution in [1.29, 1.82) is 0 Å². The van der Waals surface area contributed by atoms with Crippen LogP contribution in [0.4, 0.5) is 0 Å². The molecule has 0 atom stereocenters. The second-order valence-corrected chi connectivity index (χ2v) is 5.21. The summed E-state index contributed by atoms with van der Waals surface area (Å²) in [5, 5.41) is 0. The molecule has 0 fully saturated rings. The highest BCUT2D eigenvalue weighted by molar-refractivity contribution is 6.10. The molecule has 0 spiro atoms. The summed E-state index contributed by atoms with van der Waals surface area (Å²) in [6, 6.07) is 8.61. The molecule has 138 valence electrons. The second kappa shape index (κ2) is 8.80. The van der Waals surface area contributed by atoms with Crippen molar-refractivity contribution in [3.8, 4) is 28.7 Å². The molecule has 26 heavy (non-hydrogen) atoms. The summed E-state index contributed by atoms with van der Waals surface area (Å²) in [4.78, 5) is 12.8. The number of allylic oxidation sites excluding steroid dienone is 1. The number of methoxy groups -OCH3 is 5. The van der Waals surface area contributed by atoms with Crippen molar-refractivity contribution < 1.29 is 28.5 Å².